The first-order valence-electron chi connectivity index (χ1n) is 17.2. The molecule has 0 saturated carbocycles. The largest absolute Gasteiger partial charge is 0.456 e. The van der Waals surface area contributed by atoms with Gasteiger partial charge in [-0.25, -0.2) is 9.97 Å². The van der Waals surface area contributed by atoms with Crippen LogP contribution in [0.15, 0.2) is 162 Å². The van der Waals surface area contributed by atoms with Crippen molar-refractivity contribution in [2.24, 2.45) is 0 Å². The summed E-state index contributed by atoms with van der Waals surface area (Å²) in [6.45, 7) is 4.63. The summed E-state index contributed by atoms with van der Waals surface area (Å²) in [5.74, 6) is 0.737. The second-order valence-electron chi connectivity index (χ2n) is 13.8. The molecule has 0 fully saturated rings. The normalized spacial score (nSPS) is 13.2. The fourth-order valence-electron chi connectivity index (χ4n) is 7.97. The van der Waals surface area contributed by atoms with Gasteiger partial charge in [0, 0.05) is 32.7 Å². The molecule has 0 saturated heterocycles. The average molecular weight is 641 g/mol. The molecule has 0 bridgehead atoms. The quantitative estimate of drug-likeness (QED) is 0.192. The Morgan fingerprint density at radius 1 is 0.440 bits per heavy atom. The number of para-hydroxylation sites is 1. The van der Waals surface area contributed by atoms with Crippen molar-refractivity contribution in [3.05, 3.63) is 169 Å². The summed E-state index contributed by atoms with van der Waals surface area (Å²) in [5, 5.41) is 3.25. The van der Waals surface area contributed by atoms with Crippen LogP contribution in [0.4, 0.5) is 0 Å². The van der Waals surface area contributed by atoms with Crippen LogP contribution < -0.4 is 0 Å². The number of benzene rings is 7. The zero-order chi connectivity index (χ0) is 33.4. The fraction of sp³-hybridized carbons (Fsp3) is 0.0638. The van der Waals surface area contributed by atoms with Crippen LogP contribution in [0, 0.1) is 0 Å². The molecule has 0 spiro atoms. The topological polar surface area (TPSA) is 38.9 Å². The van der Waals surface area contributed by atoms with Gasteiger partial charge < -0.3 is 4.42 Å². The molecule has 0 radical (unpaired) electrons. The highest BCUT2D eigenvalue weighted by Crippen LogP contribution is 2.52. The Kier molecular flexibility index (Phi) is 6.22. The Morgan fingerprint density at radius 2 is 1.08 bits per heavy atom. The minimum atomic E-state index is -0.109. The van der Waals surface area contributed by atoms with Crippen molar-refractivity contribution in [1.82, 2.24) is 9.97 Å². The van der Waals surface area contributed by atoms with Crippen molar-refractivity contribution in [2.45, 2.75) is 19.3 Å². The van der Waals surface area contributed by atoms with E-state index >= 15 is 0 Å². The van der Waals surface area contributed by atoms with Crippen LogP contribution in [-0.2, 0) is 5.41 Å². The van der Waals surface area contributed by atoms with E-state index in [-0.39, 0.29) is 5.41 Å². The first-order valence-corrected chi connectivity index (χ1v) is 17.2. The van der Waals surface area contributed by atoms with Crippen molar-refractivity contribution in [2.75, 3.05) is 0 Å². The Hall–Kier alpha value is -6.32. The average Bonchev–Trinajstić information content (AvgIpc) is 3.66. The number of nitrogens with zero attached hydrogens (tertiary/aromatic N) is 2. The van der Waals surface area contributed by atoms with E-state index in [9.17, 15) is 0 Å². The highest BCUT2D eigenvalue weighted by molar-refractivity contribution is 6.07. The van der Waals surface area contributed by atoms with Gasteiger partial charge in [-0.15, -0.1) is 0 Å². The SMILES string of the molecule is CC1(C)c2ccccc2-c2c(-c3nc(-c4cccc(-c5ccccc5)c4)c4cc(-c5ccc6oc7ccccc7c6c5)ccc4n3)cccc21. The van der Waals surface area contributed by atoms with Crippen LogP contribution in [0.5, 0.6) is 0 Å². The Balaban J connectivity index is 1.21. The predicted octanol–water partition coefficient (Wildman–Crippen LogP) is 12.5. The van der Waals surface area contributed by atoms with Crippen molar-refractivity contribution in [1.29, 1.82) is 0 Å². The van der Waals surface area contributed by atoms with E-state index < -0.39 is 0 Å². The Bertz CT molecular complexity index is 2790. The summed E-state index contributed by atoms with van der Waals surface area (Å²) < 4.78 is 6.14. The van der Waals surface area contributed by atoms with Crippen molar-refractivity contribution in [3.8, 4) is 56.0 Å². The van der Waals surface area contributed by atoms with E-state index in [1.54, 1.807) is 0 Å². The van der Waals surface area contributed by atoms with Gasteiger partial charge in [0.25, 0.3) is 0 Å². The Labute approximate surface area is 290 Å². The summed E-state index contributed by atoms with van der Waals surface area (Å²) in [6.07, 6.45) is 0. The number of hydrogen-bond acceptors (Lipinski definition) is 3. The number of fused-ring (bicyclic) bond motifs is 7. The van der Waals surface area contributed by atoms with E-state index in [1.807, 2.05) is 12.1 Å². The molecule has 0 N–H and O–H groups in total. The maximum atomic E-state index is 6.14. The summed E-state index contributed by atoms with van der Waals surface area (Å²) >= 11 is 0. The van der Waals surface area contributed by atoms with E-state index in [0.29, 0.717) is 0 Å². The summed E-state index contributed by atoms with van der Waals surface area (Å²) in [7, 11) is 0. The molecule has 1 aliphatic rings. The van der Waals surface area contributed by atoms with Gasteiger partial charge in [0.15, 0.2) is 5.82 Å². The third-order valence-electron chi connectivity index (χ3n) is 10.5. The lowest BCUT2D eigenvalue weighted by Gasteiger charge is -2.21. The van der Waals surface area contributed by atoms with Gasteiger partial charge in [-0.2, -0.15) is 0 Å². The lowest BCUT2D eigenvalue weighted by atomic mass is 9.82. The predicted molar refractivity (Wildman–Crippen MR) is 206 cm³/mol. The molecule has 3 heteroatoms. The molecule has 10 rings (SSSR count). The van der Waals surface area contributed by atoms with Crippen LogP contribution in [0.3, 0.4) is 0 Å². The fourth-order valence-corrected chi connectivity index (χ4v) is 7.97. The molecule has 9 aromatic rings. The lowest BCUT2D eigenvalue weighted by Crippen LogP contribution is -2.14. The van der Waals surface area contributed by atoms with E-state index in [1.165, 1.54) is 27.8 Å². The van der Waals surface area contributed by atoms with Gasteiger partial charge >= 0.3 is 0 Å². The van der Waals surface area contributed by atoms with Crippen LogP contribution >= 0.6 is 0 Å². The van der Waals surface area contributed by atoms with Gasteiger partial charge in [0.1, 0.15) is 11.2 Å². The summed E-state index contributed by atoms with van der Waals surface area (Å²) in [6, 6.07) is 55.9. The standard InChI is InChI=1S/C47H32N2O/c1-47(2)39-19-8-6-17-35(39)44-36(18-11-20-40(44)47)46-48-41-24-22-31(32-23-25-43-37(27-32)34-16-7-9-21-42(34)50-43)28-38(41)45(49-46)33-15-10-14-30(26-33)29-12-4-3-5-13-29/h3-28H,1-2H3. The second-order valence-corrected chi connectivity index (χ2v) is 13.8. The molecule has 2 aromatic heterocycles. The van der Waals surface area contributed by atoms with Crippen molar-refractivity contribution < 1.29 is 4.42 Å². The molecule has 0 atom stereocenters. The zero-order valence-corrected chi connectivity index (χ0v) is 27.8. The molecule has 2 heterocycles. The molecule has 0 aliphatic heterocycles. The molecule has 236 valence electrons. The van der Waals surface area contributed by atoms with Crippen LogP contribution in [0.2, 0.25) is 0 Å². The van der Waals surface area contributed by atoms with Gasteiger partial charge in [-0.3, -0.25) is 0 Å². The van der Waals surface area contributed by atoms with Crippen molar-refractivity contribution >= 4 is 32.8 Å². The zero-order valence-electron chi connectivity index (χ0n) is 27.8. The van der Waals surface area contributed by atoms with E-state index in [4.69, 9.17) is 14.4 Å². The minimum absolute atomic E-state index is 0.109. The van der Waals surface area contributed by atoms with Gasteiger partial charge in [0.05, 0.1) is 11.2 Å². The third kappa shape index (κ3) is 4.37. The molecule has 1 aliphatic carbocycles. The molecule has 0 unspecified atom stereocenters. The molecular weight excluding hydrogens is 609 g/mol. The van der Waals surface area contributed by atoms with E-state index in [0.717, 1.165) is 72.2 Å². The Morgan fingerprint density at radius 3 is 1.98 bits per heavy atom. The molecular formula is C47H32N2O. The van der Waals surface area contributed by atoms with Crippen LogP contribution in [-0.4, -0.2) is 9.97 Å². The molecule has 0 amide bonds. The maximum absolute atomic E-state index is 6.14. The van der Waals surface area contributed by atoms with Gasteiger partial charge in [-0.05, 0) is 80.9 Å². The first kappa shape index (κ1) is 28.7. The smallest absolute Gasteiger partial charge is 0.161 e. The maximum Gasteiger partial charge on any atom is 0.161 e. The van der Waals surface area contributed by atoms with E-state index in [2.05, 4.69) is 159 Å². The molecule has 7 aromatic carbocycles. The molecule has 50 heavy (non-hydrogen) atoms. The second kappa shape index (κ2) is 10.8. The highest BCUT2D eigenvalue weighted by Gasteiger charge is 2.37. The number of furan rings is 1. The summed E-state index contributed by atoms with van der Waals surface area (Å²) in [5.41, 5.74) is 15.3. The number of rotatable bonds is 4. The lowest BCUT2D eigenvalue weighted by molar-refractivity contribution is 0.660. The third-order valence-corrected chi connectivity index (χ3v) is 10.5. The van der Waals surface area contributed by atoms with Gasteiger partial charge in [0.2, 0.25) is 0 Å². The summed E-state index contributed by atoms with van der Waals surface area (Å²) in [4.78, 5) is 10.8. The monoisotopic (exact) mass is 640 g/mol. The van der Waals surface area contributed by atoms with Crippen LogP contribution in [0.25, 0.3) is 88.9 Å². The highest BCUT2D eigenvalue weighted by atomic mass is 16.3. The number of hydrogen-bond donors (Lipinski definition) is 0. The van der Waals surface area contributed by atoms with Crippen LogP contribution in [0.1, 0.15) is 25.0 Å². The molecule has 3 nitrogen and oxygen atoms in total. The van der Waals surface area contributed by atoms with Crippen molar-refractivity contribution in [3.63, 3.8) is 0 Å². The number of aromatic nitrogens is 2. The van der Waals surface area contributed by atoms with Gasteiger partial charge in [-0.1, -0.05) is 135 Å². The first-order chi connectivity index (χ1) is 24.5. The minimum Gasteiger partial charge on any atom is -0.456 e.